The summed E-state index contributed by atoms with van der Waals surface area (Å²) in [4.78, 5) is 0. The van der Waals surface area contributed by atoms with Crippen LogP contribution >= 0.6 is 0 Å². The molecule has 1 aliphatic carbocycles. The number of ether oxygens (including phenoxy) is 2. The average Bonchev–Trinajstić information content (AvgIpc) is 2.97. The predicted molar refractivity (Wildman–Crippen MR) is 80.3 cm³/mol. The lowest BCUT2D eigenvalue weighted by atomic mass is 9.87. The molecule has 3 rings (SSSR count). The summed E-state index contributed by atoms with van der Waals surface area (Å²) >= 11 is 0. The number of benzene rings is 1. The summed E-state index contributed by atoms with van der Waals surface area (Å²) in [5.74, 6) is 1.01. The Morgan fingerprint density at radius 2 is 2.30 bits per heavy atom. The molecule has 110 valence electrons. The maximum Gasteiger partial charge on any atom is 0.124 e. The van der Waals surface area contributed by atoms with E-state index in [4.69, 9.17) is 9.47 Å². The van der Waals surface area contributed by atoms with Crippen LogP contribution in [0.1, 0.15) is 49.8 Å². The largest absolute Gasteiger partial charge is 0.488 e. The smallest absolute Gasteiger partial charge is 0.124 e. The van der Waals surface area contributed by atoms with Crippen LogP contribution in [0.2, 0.25) is 0 Å². The molecule has 1 aliphatic heterocycles. The third-order valence-electron chi connectivity index (χ3n) is 4.26. The van der Waals surface area contributed by atoms with Gasteiger partial charge in [0, 0.05) is 12.5 Å². The Morgan fingerprint density at radius 3 is 3.10 bits per heavy atom. The SMILES string of the molecule is CCCNC1CCCc2cc(OC3CCOC3)ccc21. The summed E-state index contributed by atoms with van der Waals surface area (Å²) in [6, 6.07) is 7.16. The summed E-state index contributed by atoms with van der Waals surface area (Å²) in [5.41, 5.74) is 2.93. The maximum atomic E-state index is 6.01. The highest BCUT2D eigenvalue weighted by molar-refractivity contribution is 5.39. The highest BCUT2D eigenvalue weighted by Crippen LogP contribution is 2.32. The topological polar surface area (TPSA) is 30.5 Å². The summed E-state index contributed by atoms with van der Waals surface area (Å²) in [7, 11) is 0. The highest BCUT2D eigenvalue weighted by Gasteiger charge is 2.21. The van der Waals surface area contributed by atoms with Crippen LogP contribution in [0.15, 0.2) is 18.2 Å². The number of aryl methyl sites for hydroxylation is 1. The van der Waals surface area contributed by atoms with Crippen molar-refractivity contribution in [2.24, 2.45) is 0 Å². The molecular weight excluding hydrogens is 250 g/mol. The minimum absolute atomic E-state index is 0.241. The van der Waals surface area contributed by atoms with Gasteiger partial charge in [-0.05, 0) is 55.5 Å². The third-order valence-corrected chi connectivity index (χ3v) is 4.26. The number of nitrogens with one attached hydrogen (secondary N) is 1. The first-order valence-corrected chi connectivity index (χ1v) is 7.97. The van der Waals surface area contributed by atoms with Crippen LogP contribution in [0.5, 0.6) is 5.75 Å². The Bertz CT molecular complexity index is 441. The van der Waals surface area contributed by atoms with Crippen LogP contribution in [0.25, 0.3) is 0 Å². The minimum Gasteiger partial charge on any atom is -0.488 e. The normalized spacial score (nSPS) is 25.4. The van der Waals surface area contributed by atoms with Crippen molar-refractivity contribution in [1.29, 1.82) is 0 Å². The lowest BCUT2D eigenvalue weighted by Gasteiger charge is -2.27. The van der Waals surface area contributed by atoms with E-state index in [0.717, 1.165) is 31.9 Å². The zero-order valence-corrected chi connectivity index (χ0v) is 12.4. The van der Waals surface area contributed by atoms with Gasteiger partial charge in [-0.1, -0.05) is 13.0 Å². The van der Waals surface area contributed by atoms with Gasteiger partial charge in [-0.3, -0.25) is 0 Å². The highest BCUT2D eigenvalue weighted by atomic mass is 16.5. The van der Waals surface area contributed by atoms with E-state index in [9.17, 15) is 0 Å². The summed E-state index contributed by atoms with van der Waals surface area (Å²) in [5, 5.41) is 3.66. The van der Waals surface area contributed by atoms with Gasteiger partial charge >= 0.3 is 0 Å². The molecule has 0 saturated carbocycles. The molecule has 20 heavy (non-hydrogen) atoms. The third kappa shape index (κ3) is 3.15. The fourth-order valence-electron chi connectivity index (χ4n) is 3.19. The maximum absolute atomic E-state index is 6.01. The van der Waals surface area contributed by atoms with Gasteiger partial charge < -0.3 is 14.8 Å². The van der Waals surface area contributed by atoms with Gasteiger partial charge in [-0.25, -0.2) is 0 Å². The lowest BCUT2D eigenvalue weighted by Crippen LogP contribution is -2.26. The van der Waals surface area contributed by atoms with Gasteiger partial charge in [0.25, 0.3) is 0 Å². The molecule has 0 bridgehead atoms. The molecule has 1 aromatic rings. The van der Waals surface area contributed by atoms with E-state index in [0.29, 0.717) is 6.04 Å². The van der Waals surface area contributed by atoms with Crippen molar-refractivity contribution in [3.63, 3.8) is 0 Å². The van der Waals surface area contributed by atoms with Crippen molar-refractivity contribution >= 4 is 0 Å². The van der Waals surface area contributed by atoms with Crippen molar-refractivity contribution in [3.05, 3.63) is 29.3 Å². The van der Waals surface area contributed by atoms with Crippen LogP contribution in [-0.2, 0) is 11.2 Å². The summed E-state index contributed by atoms with van der Waals surface area (Å²) in [6.45, 7) is 4.88. The molecule has 3 heteroatoms. The molecular formula is C17H25NO2. The van der Waals surface area contributed by atoms with E-state index in [1.54, 1.807) is 0 Å². The monoisotopic (exact) mass is 275 g/mol. The summed E-state index contributed by atoms with van der Waals surface area (Å²) < 4.78 is 11.4. The predicted octanol–water partition coefficient (Wildman–Crippen LogP) is 3.23. The van der Waals surface area contributed by atoms with Crippen molar-refractivity contribution in [2.45, 2.75) is 51.2 Å². The van der Waals surface area contributed by atoms with E-state index in [1.807, 2.05) is 0 Å². The number of hydrogen-bond donors (Lipinski definition) is 1. The van der Waals surface area contributed by atoms with Crippen LogP contribution in [-0.4, -0.2) is 25.9 Å². The molecule has 1 N–H and O–H groups in total. The quantitative estimate of drug-likeness (QED) is 0.895. The van der Waals surface area contributed by atoms with E-state index in [2.05, 4.69) is 30.4 Å². The Morgan fingerprint density at radius 1 is 1.35 bits per heavy atom. The number of fused-ring (bicyclic) bond motifs is 1. The van der Waals surface area contributed by atoms with Crippen molar-refractivity contribution < 1.29 is 9.47 Å². The van der Waals surface area contributed by atoms with Crippen LogP contribution in [0.4, 0.5) is 0 Å². The second-order valence-corrected chi connectivity index (χ2v) is 5.86. The molecule has 2 unspecified atom stereocenters. The molecule has 0 spiro atoms. The van der Waals surface area contributed by atoms with Crippen molar-refractivity contribution in [3.8, 4) is 5.75 Å². The lowest BCUT2D eigenvalue weighted by molar-refractivity contribution is 0.141. The van der Waals surface area contributed by atoms with Crippen molar-refractivity contribution in [1.82, 2.24) is 5.32 Å². The number of rotatable bonds is 5. The van der Waals surface area contributed by atoms with Crippen LogP contribution in [0.3, 0.4) is 0 Å². The molecule has 2 atom stereocenters. The van der Waals surface area contributed by atoms with E-state index in [-0.39, 0.29) is 6.10 Å². The molecule has 0 amide bonds. The number of hydrogen-bond acceptors (Lipinski definition) is 3. The molecule has 1 saturated heterocycles. The first-order chi connectivity index (χ1) is 9.86. The van der Waals surface area contributed by atoms with E-state index < -0.39 is 0 Å². The van der Waals surface area contributed by atoms with Crippen LogP contribution < -0.4 is 10.1 Å². The fourth-order valence-corrected chi connectivity index (χ4v) is 3.19. The molecule has 0 aromatic heterocycles. The zero-order chi connectivity index (χ0) is 13.8. The Kier molecular flexibility index (Phi) is 4.58. The standard InChI is InChI=1S/C17H25NO2/c1-2-9-18-17-5-3-4-13-11-14(6-7-16(13)17)20-15-8-10-19-12-15/h6-7,11,15,17-18H,2-5,8-10,12H2,1H3. The zero-order valence-electron chi connectivity index (χ0n) is 12.4. The molecule has 3 nitrogen and oxygen atoms in total. The average molecular weight is 275 g/mol. The Balaban J connectivity index is 1.70. The molecule has 1 aromatic carbocycles. The van der Waals surface area contributed by atoms with Gasteiger partial charge in [-0.15, -0.1) is 0 Å². The van der Waals surface area contributed by atoms with Gasteiger partial charge in [0.15, 0.2) is 0 Å². The second kappa shape index (κ2) is 6.59. The minimum atomic E-state index is 0.241. The van der Waals surface area contributed by atoms with Gasteiger partial charge in [0.1, 0.15) is 11.9 Å². The summed E-state index contributed by atoms with van der Waals surface area (Å²) in [6.07, 6.45) is 6.14. The molecule has 1 fully saturated rings. The fraction of sp³-hybridized carbons (Fsp3) is 0.647. The Hall–Kier alpha value is -1.06. The molecule has 0 radical (unpaired) electrons. The first kappa shape index (κ1) is 13.9. The van der Waals surface area contributed by atoms with Crippen molar-refractivity contribution in [2.75, 3.05) is 19.8 Å². The molecule has 2 aliphatic rings. The van der Waals surface area contributed by atoms with Crippen LogP contribution in [0, 0.1) is 0 Å². The first-order valence-electron chi connectivity index (χ1n) is 7.97. The second-order valence-electron chi connectivity index (χ2n) is 5.86. The van der Waals surface area contributed by atoms with E-state index in [1.165, 1.54) is 36.8 Å². The van der Waals surface area contributed by atoms with Gasteiger partial charge in [0.2, 0.25) is 0 Å². The Labute approximate surface area is 121 Å². The molecule has 1 heterocycles. The van der Waals surface area contributed by atoms with Gasteiger partial charge in [-0.2, -0.15) is 0 Å². The van der Waals surface area contributed by atoms with Gasteiger partial charge in [0.05, 0.1) is 13.2 Å². The van der Waals surface area contributed by atoms with E-state index >= 15 is 0 Å².